The van der Waals surface area contributed by atoms with Gasteiger partial charge in [0.25, 0.3) is 5.91 Å². The van der Waals surface area contributed by atoms with Crippen molar-refractivity contribution in [2.24, 2.45) is 5.41 Å². The molecule has 0 aliphatic carbocycles. The zero-order valence-corrected chi connectivity index (χ0v) is 15.8. The largest absolute Gasteiger partial charge is 0.357 e. The third kappa shape index (κ3) is 3.75. The number of carbonyl (C=O) groups is 2. The number of aromatic amines is 1. The van der Waals surface area contributed by atoms with E-state index in [-0.39, 0.29) is 17.2 Å². The molecular weight excluding hydrogens is 340 g/mol. The summed E-state index contributed by atoms with van der Waals surface area (Å²) < 4.78 is 0. The molecule has 2 amide bonds. The van der Waals surface area contributed by atoms with Crippen LogP contribution < -0.4 is 0 Å². The van der Waals surface area contributed by atoms with Gasteiger partial charge < -0.3 is 14.8 Å². The number of nitrogens with one attached hydrogen (secondary N) is 1. The van der Waals surface area contributed by atoms with Gasteiger partial charge in [0.15, 0.2) is 0 Å². The molecule has 2 fully saturated rings. The zero-order valence-electron chi connectivity index (χ0n) is 15.8. The van der Waals surface area contributed by atoms with E-state index in [2.05, 4.69) is 9.97 Å². The molecule has 1 N–H and O–H groups in total. The first-order chi connectivity index (χ1) is 13.0. The number of carbonyl (C=O) groups excluding carboxylic acids is 2. The minimum Gasteiger partial charge on any atom is -0.357 e. The minimum absolute atomic E-state index is 0.00562. The summed E-state index contributed by atoms with van der Waals surface area (Å²) >= 11 is 0. The SMILES string of the molecule is Cc1c[nH]c(C(=O)N2CCCC3(CCC(=O)N(Cc4cccnc4)C3)C2)c1. The van der Waals surface area contributed by atoms with Gasteiger partial charge in [-0.15, -0.1) is 0 Å². The molecule has 27 heavy (non-hydrogen) atoms. The molecular formula is C21H26N4O2. The fourth-order valence-corrected chi connectivity index (χ4v) is 4.47. The monoisotopic (exact) mass is 366 g/mol. The third-order valence-corrected chi connectivity index (χ3v) is 5.85. The molecule has 6 nitrogen and oxygen atoms in total. The fourth-order valence-electron chi connectivity index (χ4n) is 4.47. The van der Waals surface area contributed by atoms with Crippen molar-refractivity contribution in [1.82, 2.24) is 19.8 Å². The smallest absolute Gasteiger partial charge is 0.270 e. The number of aryl methyl sites for hydroxylation is 1. The molecule has 0 aromatic carbocycles. The summed E-state index contributed by atoms with van der Waals surface area (Å²) in [5.41, 5.74) is 2.78. The number of amides is 2. The lowest BCUT2D eigenvalue weighted by Gasteiger charge is -2.48. The Bertz CT molecular complexity index is 832. The van der Waals surface area contributed by atoms with Gasteiger partial charge in [0.05, 0.1) is 0 Å². The van der Waals surface area contributed by atoms with Gasteiger partial charge in [-0.3, -0.25) is 14.6 Å². The highest BCUT2D eigenvalue weighted by atomic mass is 16.2. The number of nitrogens with zero attached hydrogens (tertiary/aromatic N) is 3. The Kier molecular flexibility index (Phi) is 4.72. The van der Waals surface area contributed by atoms with Crippen LogP contribution in [0.1, 0.15) is 47.3 Å². The number of piperidine rings is 2. The Morgan fingerprint density at radius 1 is 1.33 bits per heavy atom. The van der Waals surface area contributed by atoms with E-state index < -0.39 is 0 Å². The van der Waals surface area contributed by atoms with Crippen LogP contribution in [0, 0.1) is 12.3 Å². The van der Waals surface area contributed by atoms with Crippen LogP contribution in [0.2, 0.25) is 0 Å². The van der Waals surface area contributed by atoms with Gasteiger partial charge in [-0.1, -0.05) is 6.07 Å². The van der Waals surface area contributed by atoms with E-state index >= 15 is 0 Å². The Morgan fingerprint density at radius 3 is 2.96 bits per heavy atom. The number of H-pyrrole nitrogens is 1. The summed E-state index contributed by atoms with van der Waals surface area (Å²) in [5, 5.41) is 0. The second-order valence-electron chi connectivity index (χ2n) is 8.03. The zero-order chi connectivity index (χ0) is 18.9. The van der Waals surface area contributed by atoms with Gasteiger partial charge in [0, 0.05) is 56.6 Å². The molecule has 4 rings (SSSR count). The highest BCUT2D eigenvalue weighted by Gasteiger charge is 2.42. The minimum atomic E-state index is 0.00562. The van der Waals surface area contributed by atoms with Crippen LogP contribution in [-0.2, 0) is 11.3 Å². The highest BCUT2D eigenvalue weighted by Crippen LogP contribution is 2.39. The van der Waals surface area contributed by atoms with Crippen molar-refractivity contribution in [3.05, 3.63) is 53.6 Å². The molecule has 0 bridgehead atoms. The van der Waals surface area contributed by atoms with Gasteiger partial charge in [-0.25, -0.2) is 0 Å². The maximum absolute atomic E-state index is 12.9. The second kappa shape index (κ2) is 7.18. The van der Waals surface area contributed by atoms with E-state index in [9.17, 15) is 9.59 Å². The van der Waals surface area contributed by atoms with Crippen LogP contribution in [0.15, 0.2) is 36.8 Å². The molecule has 1 spiro atoms. The van der Waals surface area contributed by atoms with Gasteiger partial charge in [-0.2, -0.15) is 0 Å². The molecule has 4 heterocycles. The molecule has 2 aromatic heterocycles. The molecule has 6 heteroatoms. The summed E-state index contributed by atoms with van der Waals surface area (Å²) in [4.78, 5) is 36.5. The quantitative estimate of drug-likeness (QED) is 0.908. The number of aromatic nitrogens is 2. The molecule has 1 unspecified atom stereocenters. The molecule has 2 aromatic rings. The number of pyridine rings is 1. The average molecular weight is 366 g/mol. The molecule has 2 saturated heterocycles. The van der Waals surface area contributed by atoms with Crippen molar-refractivity contribution in [2.75, 3.05) is 19.6 Å². The van der Waals surface area contributed by atoms with E-state index in [1.807, 2.05) is 47.3 Å². The lowest BCUT2D eigenvalue weighted by Crippen LogP contribution is -2.54. The Morgan fingerprint density at radius 2 is 2.22 bits per heavy atom. The standard InChI is InChI=1S/C21H26N4O2/c1-16-10-18(23-11-16)20(27)24-9-3-6-21(14-24)7-5-19(26)25(15-21)13-17-4-2-8-22-12-17/h2,4,8,10-12,23H,3,5-7,9,13-15H2,1H3. The first-order valence-electron chi connectivity index (χ1n) is 9.66. The number of hydrogen-bond donors (Lipinski definition) is 1. The fraction of sp³-hybridized carbons (Fsp3) is 0.476. The van der Waals surface area contributed by atoms with Crippen LogP contribution in [0.4, 0.5) is 0 Å². The molecule has 142 valence electrons. The Balaban J connectivity index is 1.48. The van der Waals surface area contributed by atoms with Crippen LogP contribution in [0.25, 0.3) is 0 Å². The van der Waals surface area contributed by atoms with Crippen molar-refractivity contribution >= 4 is 11.8 Å². The average Bonchev–Trinajstić information content (AvgIpc) is 3.12. The summed E-state index contributed by atoms with van der Waals surface area (Å²) in [6.45, 7) is 4.80. The Labute approximate surface area is 159 Å². The van der Waals surface area contributed by atoms with Crippen molar-refractivity contribution in [3.63, 3.8) is 0 Å². The van der Waals surface area contributed by atoms with Crippen molar-refractivity contribution in [2.45, 2.75) is 39.2 Å². The maximum Gasteiger partial charge on any atom is 0.270 e. The molecule has 0 saturated carbocycles. The van der Waals surface area contributed by atoms with E-state index in [0.29, 0.717) is 25.2 Å². The topological polar surface area (TPSA) is 69.3 Å². The van der Waals surface area contributed by atoms with Gasteiger partial charge in [-0.05, 0) is 49.4 Å². The van der Waals surface area contributed by atoms with E-state index in [4.69, 9.17) is 0 Å². The number of likely N-dealkylation sites (tertiary alicyclic amines) is 2. The van der Waals surface area contributed by atoms with Crippen molar-refractivity contribution in [1.29, 1.82) is 0 Å². The van der Waals surface area contributed by atoms with Crippen molar-refractivity contribution < 1.29 is 9.59 Å². The van der Waals surface area contributed by atoms with E-state index in [1.54, 1.807) is 6.20 Å². The third-order valence-electron chi connectivity index (χ3n) is 5.85. The van der Waals surface area contributed by atoms with Gasteiger partial charge >= 0.3 is 0 Å². The van der Waals surface area contributed by atoms with Crippen LogP contribution >= 0.6 is 0 Å². The lowest BCUT2D eigenvalue weighted by molar-refractivity contribution is -0.139. The van der Waals surface area contributed by atoms with Gasteiger partial charge in [0.1, 0.15) is 5.69 Å². The first kappa shape index (κ1) is 17.8. The summed E-state index contributed by atoms with van der Waals surface area (Å²) in [6.07, 6.45) is 8.90. The molecule has 0 radical (unpaired) electrons. The highest BCUT2D eigenvalue weighted by molar-refractivity contribution is 5.92. The van der Waals surface area contributed by atoms with Crippen LogP contribution in [0.5, 0.6) is 0 Å². The molecule has 1 atom stereocenters. The van der Waals surface area contributed by atoms with Crippen LogP contribution in [0.3, 0.4) is 0 Å². The summed E-state index contributed by atoms with van der Waals surface area (Å²) in [7, 11) is 0. The number of rotatable bonds is 3. The molecule has 2 aliphatic heterocycles. The maximum atomic E-state index is 12.9. The normalized spacial score (nSPS) is 23.1. The lowest BCUT2D eigenvalue weighted by atomic mass is 9.73. The van der Waals surface area contributed by atoms with E-state index in [1.165, 1.54) is 0 Å². The van der Waals surface area contributed by atoms with E-state index in [0.717, 1.165) is 43.5 Å². The number of hydrogen-bond acceptors (Lipinski definition) is 3. The van der Waals surface area contributed by atoms with Crippen molar-refractivity contribution in [3.8, 4) is 0 Å². The molecule has 2 aliphatic rings. The second-order valence-corrected chi connectivity index (χ2v) is 8.03. The predicted molar refractivity (Wildman–Crippen MR) is 102 cm³/mol. The predicted octanol–water partition coefficient (Wildman–Crippen LogP) is 2.76. The van der Waals surface area contributed by atoms with Gasteiger partial charge in [0.2, 0.25) is 5.91 Å². The Hall–Kier alpha value is -2.63. The first-order valence-corrected chi connectivity index (χ1v) is 9.66. The summed E-state index contributed by atoms with van der Waals surface area (Å²) in [6, 6.07) is 5.81. The summed E-state index contributed by atoms with van der Waals surface area (Å²) in [5.74, 6) is 0.269. The van der Waals surface area contributed by atoms with Crippen LogP contribution in [-0.4, -0.2) is 51.2 Å².